The first-order valence-corrected chi connectivity index (χ1v) is 10.8. The number of nitrogens with zero attached hydrogens (tertiary/aromatic N) is 1. The molecule has 0 bridgehead atoms. The number of hydrogen-bond donors (Lipinski definition) is 1. The molecule has 144 valence electrons. The van der Waals surface area contributed by atoms with Gasteiger partial charge in [0.05, 0.1) is 0 Å². The number of likely N-dealkylation sites (tertiary alicyclic amines) is 1. The number of hydrogen-bond acceptors (Lipinski definition) is 3. The van der Waals surface area contributed by atoms with Crippen molar-refractivity contribution in [1.29, 1.82) is 0 Å². The van der Waals surface area contributed by atoms with Crippen molar-refractivity contribution in [3.63, 3.8) is 0 Å². The van der Waals surface area contributed by atoms with E-state index in [1.54, 1.807) is 11.3 Å². The Balaban J connectivity index is 1.31. The van der Waals surface area contributed by atoms with E-state index >= 15 is 0 Å². The fraction of sp³-hybridized carbons (Fsp3) is 0.292. The van der Waals surface area contributed by atoms with Gasteiger partial charge in [0.15, 0.2) is 0 Å². The van der Waals surface area contributed by atoms with Crippen LogP contribution in [0.2, 0.25) is 0 Å². The lowest BCUT2D eigenvalue weighted by Crippen LogP contribution is -2.44. The van der Waals surface area contributed by atoms with Gasteiger partial charge in [0.25, 0.3) is 5.91 Å². The third kappa shape index (κ3) is 4.51. The second kappa shape index (κ2) is 8.72. The minimum Gasteiger partial charge on any atom is -0.349 e. The van der Waals surface area contributed by atoms with E-state index in [1.807, 2.05) is 31.2 Å². The highest BCUT2D eigenvalue weighted by atomic mass is 32.1. The number of nitrogens with one attached hydrogen (secondary N) is 1. The highest BCUT2D eigenvalue weighted by molar-refractivity contribution is 7.13. The molecule has 0 saturated carbocycles. The van der Waals surface area contributed by atoms with Crippen molar-refractivity contribution in [2.45, 2.75) is 32.4 Å². The van der Waals surface area contributed by atoms with Crippen molar-refractivity contribution in [2.24, 2.45) is 0 Å². The van der Waals surface area contributed by atoms with Gasteiger partial charge in [-0.15, -0.1) is 11.3 Å². The van der Waals surface area contributed by atoms with Crippen molar-refractivity contribution >= 4 is 17.2 Å². The zero-order valence-corrected chi connectivity index (χ0v) is 17.0. The van der Waals surface area contributed by atoms with Crippen LogP contribution in [-0.2, 0) is 6.54 Å². The first-order valence-electron chi connectivity index (χ1n) is 9.91. The van der Waals surface area contributed by atoms with Crippen LogP contribution in [0.3, 0.4) is 0 Å². The highest BCUT2D eigenvalue weighted by Gasteiger charge is 2.21. The molecule has 4 rings (SSSR count). The molecule has 3 aromatic rings. The smallest absolute Gasteiger partial charge is 0.251 e. The molecule has 1 aromatic heterocycles. The number of rotatable bonds is 5. The van der Waals surface area contributed by atoms with Gasteiger partial charge in [-0.25, -0.2) is 0 Å². The summed E-state index contributed by atoms with van der Waals surface area (Å²) in [6.45, 7) is 4.99. The van der Waals surface area contributed by atoms with Crippen LogP contribution >= 0.6 is 11.3 Å². The summed E-state index contributed by atoms with van der Waals surface area (Å²) in [6, 6.07) is 21.2. The van der Waals surface area contributed by atoms with Gasteiger partial charge >= 0.3 is 0 Å². The maximum Gasteiger partial charge on any atom is 0.251 e. The Bertz CT molecular complexity index is 927. The van der Waals surface area contributed by atoms with Gasteiger partial charge in [-0.2, -0.15) is 0 Å². The third-order valence-electron chi connectivity index (χ3n) is 5.45. The number of carbonyl (C=O) groups is 1. The van der Waals surface area contributed by atoms with Crippen LogP contribution in [0.15, 0.2) is 66.0 Å². The lowest BCUT2D eigenvalue weighted by Gasteiger charge is -2.32. The molecule has 0 atom stereocenters. The van der Waals surface area contributed by atoms with E-state index in [0.717, 1.165) is 43.6 Å². The zero-order valence-electron chi connectivity index (χ0n) is 16.2. The first-order chi connectivity index (χ1) is 13.7. The van der Waals surface area contributed by atoms with E-state index < -0.39 is 0 Å². The summed E-state index contributed by atoms with van der Waals surface area (Å²) in [5.41, 5.74) is 4.47. The molecule has 3 nitrogen and oxygen atoms in total. The summed E-state index contributed by atoms with van der Waals surface area (Å²) < 4.78 is 0. The number of benzene rings is 2. The van der Waals surface area contributed by atoms with Crippen LogP contribution in [0, 0.1) is 6.92 Å². The zero-order chi connectivity index (χ0) is 19.3. The first kappa shape index (κ1) is 18.9. The van der Waals surface area contributed by atoms with Gasteiger partial charge in [-0.1, -0.05) is 42.5 Å². The largest absolute Gasteiger partial charge is 0.349 e. The minimum atomic E-state index is 0.0557. The molecule has 1 fully saturated rings. The molecule has 0 radical (unpaired) electrons. The predicted octanol–water partition coefficient (Wildman–Crippen LogP) is 5.12. The van der Waals surface area contributed by atoms with Crippen molar-refractivity contribution in [1.82, 2.24) is 10.2 Å². The number of thiophene rings is 1. The van der Waals surface area contributed by atoms with Crippen molar-refractivity contribution in [3.8, 4) is 10.4 Å². The molecular formula is C24H26N2OS. The SMILES string of the molecule is Cc1ccccc1C(=O)NC1CCN(Cc2cccc(-c3cccs3)c2)CC1. The van der Waals surface area contributed by atoms with Crippen molar-refractivity contribution in [2.75, 3.05) is 13.1 Å². The number of piperidine rings is 1. The monoisotopic (exact) mass is 390 g/mol. The van der Waals surface area contributed by atoms with E-state index in [-0.39, 0.29) is 11.9 Å². The standard InChI is InChI=1S/C24H26N2OS/c1-18-6-2-3-9-22(18)24(27)25-21-11-13-26(14-12-21)17-19-7-4-8-20(16-19)23-10-5-15-28-23/h2-10,15-16,21H,11-14,17H2,1H3,(H,25,27). The van der Waals surface area contributed by atoms with E-state index in [1.165, 1.54) is 16.0 Å². The fourth-order valence-corrected chi connectivity index (χ4v) is 4.57. The second-order valence-corrected chi connectivity index (χ2v) is 8.46. The second-order valence-electron chi connectivity index (χ2n) is 7.52. The number of aryl methyl sites for hydroxylation is 1. The van der Waals surface area contributed by atoms with Gasteiger partial charge in [0, 0.05) is 36.1 Å². The molecule has 4 heteroatoms. The summed E-state index contributed by atoms with van der Waals surface area (Å²) >= 11 is 1.78. The quantitative estimate of drug-likeness (QED) is 0.656. The molecule has 0 spiro atoms. The molecule has 2 aromatic carbocycles. The van der Waals surface area contributed by atoms with Crippen LogP contribution in [-0.4, -0.2) is 29.9 Å². The molecule has 28 heavy (non-hydrogen) atoms. The normalized spacial score (nSPS) is 15.5. The fourth-order valence-electron chi connectivity index (χ4n) is 3.85. The van der Waals surface area contributed by atoms with Crippen LogP contribution in [0.4, 0.5) is 0 Å². The van der Waals surface area contributed by atoms with Crippen LogP contribution in [0.25, 0.3) is 10.4 Å². The summed E-state index contributed by atoms with van der Waals surface area (Å²) in [5.74, 6) is 0.0557. The molecule has 1 amide bonds. The van der Waals surface area contributed by atoms with Gasteiger partial charge < -0.3 is 5.32 Å². The Morgan fingerprint density at radius 1 is 1.07 bits per heavy atom. The summed E-state index contributed by atoms with van der Waals surface area (Å²) in [7, 11) is 0. The summed E-state index contributed by atoms with van der Waals surface area (Å²) in [4.78, 5) is 16.3. The molecule has 1 aliphatic rings. The molecule has 2 heterocycles. The summed E-state index contributed by atoms with van der Waals surface area (Å²) in [5, 5.41) is 5.35. The van der Waals surface area contributed by atoms with Gasteiger partial charge in [-0.3, -0.25) is 9.69 Å². The topological polar surface area (TPSA) is 32.3 Å². The van der Waals surface area contributed by atoms with Gasteiger partial charge in [0.1, 0.15) is 0 Å². The van der Waals surface area contributed by atoms with E-state index in [2.05, 4.69) is 52.0 Å². The number of amides is 1. The third-order valence-corrected chi connectivity index (χ3v) is 6.37. The van der Waals surface area contributed by atoms with Crippen LogP contribution in [0.5, 0.6) is 0 Å². The Hall–Kier alpha value is -2.43. The van der Waals surface area contributed by atoms with E-state index in [9.17, 15) is 4.79 Å². The van der Waals surface area contributed by atoms with E-state index in [0.29, 0.717) is 0 Å². The highest BCUT2D eigenvalue weighted by Crippen LogP contribution is 2.26. The Labute approximate surface area is 171 Å². The molecular weight excluding hydrogens is 364 g/mol. The Morgan fingerprint density at radius 2 is 1.89 bits per heavy atom. The minimum absolute atomic E-state index is 0.0557. The van der Waals surface area contributed by atoms with Crippen molar-refractivity contribution in [3.05, 3.63) is 82.7 Å². The lowest BCUT2D eigenvalue weighted by atomic mass is 10.0. The Morgan fingerprint density at radius 3 is 2.64 bits per heavy atom. The predicted molar refractivity (Wildman–Crippen MR) is 117 cm³/mol. The van der Waals surface area contributed by atoms with Crippen LogP contribution in [0.1, 0.15) is 34.3 Å². The van der Waals surface area contributed by atoms with Crippen molar-refractivity contribution < 1.29 is 4.79 Å². The maximum absolute atomic E-state index is 12.5. The average Bonchev–Trinajstić information content (AvgIpc) is 3.25. The maximum atomic E-state index is 12.5. The van der Waals surface area contributed by atoms with Gasteiger partial charge in [0.2, 0.25) is 0 Å². The summed E-state index contributed by atoms with van der Waals surface area (Å²) in [6.07, 6.45) is 2.00. The molecule has 1 N–H and O–H groups in total. The van der Waals surface area contributed by atoms with Gasteiger partial charge in [-0.05, 0) is 60.0 Å². The molecule has 0 aliphatic carbocycles. The molecule has 1 aliphatic heterocycles. The molecule has 1 saturated heterocycles. The Kier molecular flexibility index (Phi) is 5.89. The van der Waals surface area contributed by atoms with Crippen LogP contribution < -0.4 is 5.32 Å². The number of carbonyl (C=O) groups excluding carboxylic acids is 1. The average molecular weight is 391 g/mol. The van der Waals surface area contributed by atoms with E-state index in [4.69, 9.17) is 0 Å². The molecule has 0 unspecified atom stereocenters. The lowest BCUT2D eigenvalue weighted by molar-refractivity contribution is 0.0908.